The molecule has 0 heterocycles. The number of benzene rings is 1. The molecular formula is C13H19Br2NO. The highest BCUT2D eigenvalue weighted by atomic mass is 79.9. The fraction of sp³-hybridized carbons (Fsp3) is 0.538. The van der Waals surface area contributed by atoms with E-state index in [1.807, 2.05) is 18.2 Å². The van der Waals surface area contributed by atoms with Gasteiger partial charge in [0.05, 0.1) is 11.1 Å². The van der Waals surface area contributed by atoms with Gasteiger partial charge in [-0.25, -0.2) is 0 Å². The highest BCUT2D eigenvalue weighted by molar-refractivity contribution is 9.11. The molecule has 0 atom stereocenters. The molecule has 0 aliphatic heterocycles. The molecule has 0 radical (unpaired) electrons. The highest BCUT2D eigenvalue weighted by Gasteiger charge is 2.14. The summed E-state index contributed by atoms with van der Waals surface area (Å²) >= 11 is 6.89. The van der Waals surface area contributed by atoms with Gasteiger partial charge < -0.3 is 10.5 Å². The molecule has 1 aromatic rings. The third kappa shape index (κ3) is 5.40. The summed E-state index contributed by atoms with van der Waals surface area (Å²) in [5.74, 6) is 0.888. The Bertz CT molecular complexity index is 366. The zero-order valence-electron chi connectivity index (χ0n) is 10.3. The molecule has 0 fully saturated rings. The third-order valence-electron chi connectivity index (χ3n) is 2.70. The van der Waals surface area contributed by atoms with Crippen molar-refractivity contribution in [2.75, 3.05) is 13.2 Å². The summed E-state index contributed by atoms with van der Waals surface area (Å²) in [6.45, 7) is 5.81. The summed E-state index contributed by atoms with van der Waals surface area (Å²) in [7, 11) is 0. The first-order valence-electron chi connectivity index (χ1n) is 5.72. The normalized spacial score (nSPS) is 11.6. The van der Waals surface area contributed by atoms with Gasteiger partial charge in [-0.2, -0.15) is 0 Å². The second kappa shape index (κ2) is 6.76. The topological polar surface area (TPSA) is 35.2 Å². The number of ether oxygens (including phenoxy) is 1. The van der Waals surface area contributed by atoms with E-state index in [1.165, 1.54) is 0 Å². The predicted molar refractivity (Wildman–Crippen MR) is 79.4 cm³/mol. The van der Waals surface area contributed by atoms with Crippen LogP contribution >= 0.6 is 31.9 Å². The monoisotopic (exact) mass is 363 g/mol. The van der Waals surface area contributed by atoms with E-state index in [1.54, 1.807) is 0 Å². The Labute approximate surface area is 120 Å². The number of hydrogen-bond donors (Lipinski definition) is 1. The Morgan fingerprint density at radius 1 is 1.29 bits per heavy atom. The first-order valence-corrected chi connectivity index (χ1v) is 7.31. The van der Waals surface area contributed by atoms with E-state index in [-0.39, 0.29) is 5.41 Å². The average Bonchev–Trinajstić information content (AvgIpc) is 2.27. The molecule has 17 heavy (non-hydrogen) atoms. The summed E-state index contributed by atoms with van der Waals surface area (Å²) in [4.78, 5) is 0. The zero-order chi connectivity index (χ0) is 12.9. The van der Waals surface area contributed by atoms with Gasteiger partial charge >= 0.3 is 0 Å². The van der Waals surface area contributed by atoms with Gasteiger partial charge in [0.25, 0.3) is 0 Å². The molecule has 0 saturated heterocycles. The van der Waals surface area contributed by atoms with E-state index in [9.17, 15) is 0 Å². The zero-order valence-corrected chi connectivity index (χ0v) is 13.5. The first-order chi connectivity index (χ1) is 7.94. The SMILES string of the molecule is CC(C)(CN)CCCOc1ccc(Br)cc1Br. The van der Waals surface area contributed by atoms with Crippen molar-refractivity contribution in [3.8, 4) is 5.75 Å². The molecule has 0 saturated carbocycles. The molecule has 0 aromatic heterocycles. The maximum absolute atomic E-state index is 5.72. The molecule has 1 rings (SSSR count). The lowest BCUT2D eigenvalue weighted by molar-refractivity contribution is 0.260. The molecule has 2 N–H and O–H groups in total. The van der Waals surface area contributed by atoms with Gasteiger partial charge in [0, 0.05) is 4.47 Å². The van der Waals surface area contributed by atoms with E-state index in [0.29, 0.717) is 0 Å². The van der Waals surface area contributed by atoms with Crippen molar-refractivity contribution in [2.45, 2.75) is 26.7 Å². The lowest BCUT2D eigenvalue weighted by Gasteiger charge is -2.22. The molecule has 0 aliphatic rings. The van der Waals surface area contributed by atoms with Gasteiger partial charge in [-0.05, 0) is 58.9 Å². The van der Waals surface area contributed by atoms with Crippen molar-refractivity contribution in [1.82, 2.24) is 0 Å². The van der Waals surface area contributed by atoms with Crippen molar-refractivity contribution >= 4 is 31.9 Å². The first kappa shape index (κ1) is 15.0. The van der Waals surface area contributed by atoms with Gasteiger partial charge in [-0.3, -0.25) is 0 Å². The number of nitrogens with two attached hydrogens (primary N) is 1. The largest absolute Gasteiger partial charge is 0.492 e. The van der Waals surface area contributed by atoms with Crippen LogP contribution in [0.25, 0.3) is 0 Å². The van der Waals surface area contributed by atoms with Crippen LogP contribution in [0.2, 0.25) is 0 Å². The Balaban J connectivity index is 2.36. The van der Waals surface area contributed by atoms with Crippen molar-refractivity contribution in [3.63, 3.8) is 0 Å². The number of hydrogen-bond acceptors (Lipinski definition) is 2. The van der Waals surface area contributed by atoms with Crippen molar-refractivity contribution in [2.24, 2.45) is 11.1 Å². The van der Waals surface area contributed by atoms with Crippen LogP contribution in [0.3, 0.4) is 0 Å². The maximum atomic E-state index is 5.72. The summed E-state index contributed by atoms with van der Waals surface area (Å²) < 4.78 is 7.74. The van der Waals surface area contributed by atoms with E-state index >= 15 is 0 Å². The van der Waals surface area contributed by atoms with E-state index in [0.717, 1.165) is 40.7 Å². The Hall–Kier alpha value is -0.0600. The lowest BCUT2D eigenvalue weighted by atomic mass is 9.88. The van der Waals surface area contributed by atoms with Crippen LogP contribution in [-0.2, 0) is 0 Å². The minimum absolute atomic E-state index is 0.209. The van der Waals surface area contributed by atoms with Crippen LogP contribution in [0.4, 0.5) is 0 Å². The van der Waals surface area contributed by atoms with Gasteiger partial charge in [0.2, 0.25) is 0 Å². The molecule has 1 aromatic carbocycles. The average molecular weight is 365 g/mol. The van der Waals surface area contributed by atoms with E-state index in [2.05, 4.69) is 45.7 Å². The molecular weight excluding hydrogens is 346 g/mol. The van der Waals surface area contributed by atoms with Crippen molar-refractivity contribution in [3.05, 3.63) is 27.1 Å². The van der Waals surface area contributed by atoms with Gasteiger partial charge in [-0.1, -0.05) is 29.8 Å². The Morgan fingerprint density at radius 3 is 2.59 bits per heavy atom. The minimum atomic E-state index is 0.209. The Morgan fingerprint density at radius 2 is 2.00 bits per heavy atom. The second-order valence-electron chi connectivity index (χ2n) is 4.90. The van der Waals surface area contributed by atoms with Gasteiger partial charge in [-0.15, -0.1) is 0 Å². The summed E-state index contributed by atoms with van der Waals surface area (Å²) in [6.07, 6.45) is 2.10. The maximum Gasteiger partial charge on any atom is 0.133 e. The molecule has 96 valence electrons. The standard InChI is InChI=1S/C13H19Br2NO/c1-13(2,9-16)6-3-7-17-12-5-4-10(14)8-11(12)15/h4-5,8H,3,6-7,9,16H2,1-2H3. The summed E-state index contributed by atoms with van der Waals surface area (Å²) in [5.41, 5.74) is 5.90. The molecule has 0 aliphatic carbocycles. The van der Waals surface area contributed by atoms with Crippen LogP contribution in [0.5, 0.6) is 5.75 Å². The number of halogens is 2. The molecule has 0 spiro atoms. The fourth-order valence-corrected chi connectivity index (χ4v) is 2.59. The van der Waals surface area contributed by atoms with Gasteiger partial charge in [0.1, 0.15) is 5.75 Å². The third-order valence-corrected chi connectivity index (χ3v) is 3.81. The van der Waals surface area contributed by atoms with Crippen LogP contribution in [-0.4, -0.2) is 13.2 Å². The second-order valence-corrected chi connectivity index (χ2v) is 6.67. The molecule has 0 bridgehead atoms. The van der Waals surface area contributed by atoms with Crippen molar-refractivity contribution < 1.29 is 4.74 Å². The van der Waals surface area contributed by atoms with Crippen LogP contribution in [0.1, 0.15) is 26.7 Å². The smallest absolute Gasteiger partial charge is 0.133 e. The number of rotatable bonds is 6. The molecule has 0 amide bonds. The molecule has 2 nitrogen and oxygen atoms in total. The highest BCUT2D eigenvalue weighted by Crippen LogP contribution is 2.28. The van der Waals surface area contributed by atoms with Gasteiger partial charge in [0.15, 0.2) is 0 Å². The molecule has 0 unspecified atom stereocenters. The van der Waals surface area contributed by atoms with Crippen LogP contribution in [0, 0.1) is 5.41 Å². The van der Waals surface area contributed by atoms with Crippen LogP contribution in [0.15, 0.2) is 27.1 Å². The lowest BCUT2D eigenvalue weighted by Crippen LogP contribution is -2.23. The van der Waals surface area contributed by atoms with E-state index in [4.69, 9.17) is 10.5 Å². The minimum Gasteiger partial charge on any atom is -0.492 e. The molecule has 4 heteroatoms. The van der Waals surface area contributed by atoms with Crippen molar-refractivity contribution in [1.29, 1.82) is 0 Å². The Kier molecular flexibility index (Phi) is 5.97. The summed E-state index contributed by atoms with van der Waals surface area (Å²) in [6, 6.07) is 5.92. The van der Waals surface area contributed by atoms with E-state index < -0.39 is 0 Å². The fourth-order valence-electron chi connectivity index (χ4n) is 1.43. The predicted octanol–water partition coefficient (Wildman–Crippen LogP) is 4.36. The quantitative estimate of drug-likeness (QED) is 0.761. The van der Waals surface area contributed by atoms with Crippen LogP contribution < -0.4 is 10.5 Å². The summed E-state index contributed by atoms with van der Waals surface area (Å²) in [5, 5.41) is 0.